The molecule has 8 atom stereocenters. The Bertz CT molecular complexity index is 2270. The molecule has 0 saturated heterocycles. The van der Waals surface area contributed by atoms with Crippen molar-refractivity contribution in [2.75, 3.05) is 11.9 Å². The van der Waals surface area contributed by atoms with Crippen molar-refractivity contribution >= 4 is 28.3 Å². The predicted molar refractivity (Wildman–Crippen MR) is 209 cm³/mol. The van der Waals surface area contributed by atoms with Gasteiger partial charge in [-0.1, -0.05) is 92.7 Å². The number of amides is 2. The van der Waals surface area contributed by atoms with E-state index >= 15 is 0 Å². The number of hydrogen-bond acceptors (Lipinski definition) is 4. The summed E-state index contributed by atoms with van der Waals surface area (Å²) in [7, 11) is 0. The average molecular weight is 743 g/mol. The Hall–Kier alpha value is -4.66. The highest BCUT2D eigenvalue weighted by atomic mass is 19.2. The van der Waals surface area contributed by atoms with Crippen LogP contribution in [0.3, 0.4) is 0 Å². The van der Waals surface area contributed by atoms with Crippen molar-refractivity contribution in [1.29, 1.82) is 0 Å². The van der Waals surface area contributed by atoms with Gasteiger partial charge < -0.3 is 20.4 Å². The highest BCUT2D eigenvalue weighted by Crippen LogP contribution is 2.78. The summed E-state index contributed by atoms with van der Waals surface area (Å²) in [4.78, 5) is 30.9. The smallest absolute Gasteiger partial charge is 0.322 e. The zero-order valence-corrected chi connectivity index (χ0v) is 31.4. The van der Waals surface area contributed by atoms with E-state index in [9.17, 15) is 28.6 Å². The molecule has 0 radical (unpaired) electrons. The van der Waals surface area contributed by atoms with Gasteiger partial charge in [0.1, 0.15) is 0 Å². The number of fused-ring (bicyclic) bond motifs is 2. The van der Waals surface area contributed by atoms with Crippen LogP contribution < -0.4 is 5.32 Å². The van der Waals surface area contributed by atoms with Crippen molar-refractivity contribution in [1.82, 2.24) is 4.90 Å². The van der Waals surface area contributed by atoms with Gasteiger partial charge in [-0.15, -0.1) is 0 Å². The molecular weight excluding hydrogens is 695 g/mol. The van der Waals surface area contributed by atoms with Crippen LogP contribution in [0.5, 0.6) is 0 Å². The van der Waals surface area contributed by atoms with Gasteiger partial charge in [0.05, 0.1) is 18.2 Å². The molecule has 55 heavy (non-hydrogen) atoms. The van der Waals surface area contributed by atoms with Gasteiger partial charge in [0.25, 0.3) is 0 Å². The number of para-hydroxylation sites is 1. The molecule has 0 aromatic heterocycles. The average Bonchev–Trinajstić information content (AvgIpc) is 3.45. The summed E-state index contributed by atoms with van der Waals surface area (Å²) < 4.78 is 28.8. The van der Waals surface area contributed by atoms with E-state index in [1.165, 1.54) is 6.07 Å². The summed E-state index contributed by atoms with van der Waals surface area (Å²) in [6.07, 6.45) is 10.4. The lowest BCUT2D eigenvalue weighted by Crippen LogP contribution is -2.67. The first kappa shape index (κ1) is 36.0. The SMILES string of the molecule is CC12CCC(O)CC13C=CC1(C(C(=O)c4ccc(F)c(F)c4)=C3)C2CCC2(C)C1CCC2(O)CN(Cc1cccc2ccccc12)C(=O)Nc1ccccc1. The molecule has 6 aliphatic rings. The number of Topliss-reactive ketones (excluding diaryl/α,β-unsaturated/α-hetero) is 1. The highest BCUT2D eigenvalue weighted by molar-refractivity contribution is 6.10. The number of aliphatic hydroxyl groups excluding tert-OH is 1. The van der Waals surface area contributed by atoms with E-state index in [0.29, 0.717) is 43.4 Å². The lowest BCUT2D eigenvalue weighted by Gasteiger charge is -2.71. The summed E-state index contributed by atoms with van der Waals surface area (Å²) in [5, 5.41) is 29.4. The van der Waals surface area contributed by atoms with Crippen LogP contribution in [-0.4, -0.2) is 45.2 Å². The molecule has 284 valence electrons. The number of ketones is 1. The number of benzene rings is 4. The molecule has 2 spiro atoms. The number of aliphatic hydroxyl groups is 2. The third-order valence-electron chi connectivity index (χ3n) is 15.1. The van der Waals surface area contributed by atoms with Gasteiger partial charge in [-0.2, -0.15) is 0 Å². The van der Waals surface area contributed by atoms with Gasteiger partial charge in [0, 0.05) is 39.6 Å². The molecule has 6 nitrogen and oxygen atoms in total. The molecule has 2 amide bonds. The van der Waals surface area contributed by atoms with Crippen molar-refractivity contribution in [3.05, 3.63) is 138 Å². The Kier molecular flexibility index (Phi) is 8.30. The van der Waals surface area contributed by atoms with Gasteiger partial charge in [-0.05, 0) is 109 Å². The largest absolute Gasteiger partial charge is 0.393 e. The maximum atomic E-state index is 14.8. The van der Waals surface area contributed by atoms with Crippen LogP contribution in [0.15, 0.2) is 115 Å². The molecule has 8 heteroatoms. The summed E-state index contributed by atoms with van der Waals surface area (Å²) >= 11 is 0. The topological polar surface area (TPSA) is 89.9 Å². The molecular formula is C47H48F2N2O4. The summed E-state index contributed by atoms with van der Waals surface area (Å²) in [5.74, 6) is -2.57. The van der Waals surface area contributed by atoms with Crippen LogP contribution in [0.4, 0.5) is 19.3 Å². The minimum atomic E-state index is -1.31. The third kappa shape index (κ3) is 5.23. The van der Waals surface area contributed by atoms with E-state index in [-0.39, 0.29) is 47.7 Å². The minimum Gasteiger partial charge on any atom is -0.393 e. The van der Waals surface area contributed by atoms with Crippen molar-refractivity contribution < 1.29 is 28.6 Å². The Labute approximate surface area is 320 Å². The highest BCUT2D eigenvalue weighted by Gasteiger charge is 2.74. The Morgan fingerprint density at radius 1 is 0.818 bits per heavy atom. The van der Waals surface area contributed by atoms with Crippen LogP contribution in [0, 0.1) is 45.1 Å². The first-order chi connectivity index (χ1) is 26.3. The fourth-order valence-electron chi connectivity index (χ4n) is 12.3. The van der Waals surface area contributed by atoms with Gasteiger partial charge in [0.2, 0.25) is 0 Å². The Morgan fingerprint density at radius 3 is 2.33 bits per heavy atom. The van der Waals surface area contributed by atoms with Crippen molar-refractivity contribution in [2.24, 2.45) is 33.5 Å². The van der Waals surface area contributed by atoms with Gasteiger partial charge >= 0.3 is 6.03 Å². The fourth-order valence-corrected chi connectivity index (χ4v) is 12.3. The molecule has 4 aromatic rings. The lowest BCUT2D eigenvalue weighted by molar-refractivity contribution is -0.174. The number of hydrogen-bond donors (Lipinski definition) is 3. The molecule has 3 fully saturated rings. The van der Waals surface area contributed by atoms with Crippen molar-refractivity contribution in [3.63, 3.8) is 0 Å². The zero-order valence-electron chi connectivity index (χ0n) is 31.4. The standard InChI is InChI=1S/C47H48F2N2O4/c1-43-20-17-34(52)26-45(43)23-24-47(36(27-45)41(53)31-15-16-37(48)38(49)25-31)39(43)18-21-44(2)40(47)19-22-46(44,55)29-51(42(54)50-33-12-4-3-5-13-33)28-32-11-8-10-30-9-6-7-14-35(30)32/h3-16,23-25,27,34,39-40,52,55H,17-22,26,28-29H2,1-2H3,(H,50,54). The first-order valence-electron chi connectivity index (χ1n) is 19.7. The number of carbonyl (C=O) groups excluding carboxylic acids is 2. The Morgan fingerprint density at radius 2 is 1.53 bits per heavy atom. The number of urea groups is 1. The maximum Gasteiger partial charge on any atom is 0.322 e. The summed E-state index contributed by atoms with van der Waals surface area (Å²) in [6, 6.07) is 26.5. The molecule has 4 aromatic carbocycles. The normalized spacial score (nSPS) is 34.4. The minimum absolute atomic E-state index is 0.0281. The zero-order chi connectivity index (χ0) is 38.4. The van der Waals surface area contributed by atoms with Gasteiger partial charge in [0.15, 0.2) is 17.4 Å². The molecule has 6 aliphatic carbocycles. The molecule has 0 aliphatic heterocycles. The van der Waals surface area contributed by atoms with Gasteiger partial charge in [-0.3, -0.25) is 4.79 Å². The number of rotatable bonds is 7. The first-order valence-corrected chi connectivity index (χ1v) is 19.7. The van der Waals surface area contributed by atoms with E-state index < -0.39 is 39.6 Å². The second kappa shape index (κ2) is 12.7. The second-order valence-electron chi connectivity index (χ2n) is 17.6. The molecule has 10 rings (SSSR count). The molecule has 0 heterocycles. The lowest BCUT2D eigenvalue weighted by atomic mass is 9.32. The summed E-state index contributed by atoms with van der Waals surface area (Å²) in [5.41, 5.74) is -1.34. The number of anilines is 1. The molecule has 2 bridgehead atoms. The monoisotopic (exact) mass is 742 g/mol. The second-order valence-corrected chi connectivity index (χ2v) is 17.6. The maximum absolute atomic E-state index is 14.8. The molecule has 3 saturated carbocycles. The molecule has 8 unspecified atom stereocenters. The third-order valence-corrected chi connectivity index (χ3v) is 15.1. The van der Waals surface area contributed by atoms with E-state index in [1.807, 2.05) is 54.6 Å². The number of carbonyl (C=O) groups is 2. The van der Waals surface area contributed by atoms with E-state index in [0.717, 1.165) is 41.3 Å². The van der Waals surface area contributed by atoms with E-state index in [4.69, 9.17) is 0 Å². The van der Waals surface area contributed by atoms with Crippen LogP contribution >= 0.6 is 0 Å². The fraction of sp³-hybridized carbons (Fsp3) is 0.404. The van der Waals surface area contributed by atoms with Gasteiger partial charge in [-0.25, -0.2) is 13.6 Å². The van der Waals surface area contributed by atoms with Crippen LogP contribution in [-0.2, 0) is 6.54 Å². The van der Waals surface area contributed by atoms with Crippen LogP contribution in [0.1, 0.15) is 74.7 Å². The van der Waals surface area contributed by atoms with Crippen molar-refractivity contribution in [2.45, 2.75) is 77.0 Å². The summed E-state index contributed by atoms with van der Waals surface area (Å²) in [6.45, 7) is 4.80. The number of halogens is 2. The number of nitrogens with zero attached hydrogens (tertiary/aromatic N) is 1. The number of allylic oxidation sites excluding steroid dienone is 4. The van der Waals surface area contributed by atoms with Crippen LogP contribution in [0.25, 0.3) is 10.8 Å². The molecule has 3 N–H and O–H groups in total. The quantitative estimate of drug-likeness (QED) is 0.130. The van der Waals surface area contributed by atoms with E-state index in [1.54, 1.807) is 4.90 Å². The Balaban J connectivity index is 1.13. The number of nitrogens with one attached hydrogen (secondary N) is 1. The predicted octanol–water partition coefficient (Wildman–Crippen LogP) is 9.63. The van der Waals surface area contributed by atoms with Crippen molar-refractivity contribution in [3.8, 4) is 0 Å². The van der Waals surface area contributed by atoms with Crippen LogP contribution in [0.2, 0.25) is 0 Å². The van der Waals surface area contributed by atoms with E-state index in [2.05, 4.69) is 55.6 Å².